The van der Waals surface area contributed by atoms with Crippen LogP contribution in [0.15, 0.2) is 88.7 Å². The molecule has 0 radical (unpaired) electrons. The van der Waals surface area contributed by atoms with Crippen molar-refractivity contribution in [2.45, 2.75) is 11.8 Å². The molecule has 5 rings (SSSR count). The average Bonchev–Trinajstić information content (AvgIpc) is 3.40. The molecule has 0 saturated heterocycles. The standard InChI is InChI=1S/C26H19F2N3O4S/c1-16-11-24(25(34-2)14-21(16)18-4-6-22(27)23(28)13-18)31(26-8-10-35-30-26)36(32,33)20-5-3-19-15-29-9-7-17(19)12-20/h3-15H,1-2H3. The summed E-state index contributed by atoms with van der Waals surface area (Å²) in [5, 5.41) is 5.35. The van der Waals surface area contributed by atoms with E-state index in [4.69, 9.17) is 9.26 Å². The Morgan fingerprint density at radius 3 is 2.50 bits per heavy atom. The van der Waals surface area contributed by atoms with Crippen LogP contribution in [0.4, 0.5) is 20.3 Å². The van der Waals surface area contributed by atoms with Gasteiger partial charge in [0.1, 0.15) is 17.7 Å². The number of methoxy groups -OCH3 is 1. The van der Waals surface area contributed by atoms with E-state index in [1.165, 1.54) is 31.6 Å². The van der Waals surface area contributed by atoms with E-state index in [1.54, 1.807) is 49.6 Å². The number of nitrogens with zero attached hydrogens (tertiary/aromatic N) is 3. The van der Waals surface area contributed by atoms with Crippen LogP contribution < -0.4 is 9.04 Å². The van der Waals surface area contributed by atoms with Crippen molar-refractivity contribution in [3.05, 3.63) is 96.5 Å². The first kappa shape index (κ1) is 23.4. The molecule has 0 aliphatic rings. The van der Waals surface area contributed by atoms with Crippen LogP contribution >= 0.6 is 0 Å². The summed E-state index contributed by atoms with van der Waals surface area (Å²) >= 11 is 0. The van der Waals surface area contributed by atoms with Crippen molar-refractivity contribution in [1.82, 2.24) is 10.1 Å². The van der Waals surface area contributed by atoms with E-state index in [9.17, 15) is 17.2 Å². The van der Waals surface area contributed by atoms with Crippen LogP contribution in [0.3, 0.4) is 0 Å². The lowest BCUT2D eigenvalue weighted by Gasteiger charge is -2.25. The Morgan fingerprint density at radius 1 is 0.944 bits per heavy atom. The molecule has 0 bridgehead atoms. The van der Waals surface area contributed by atoms with Gasteiger partial charge in [-0.2, -0.15) is 0 Å². The van der Waals surface area contributed by atoms with E-state index >= 15 is 0 Å². The number of hydrogen-bond donors (Lipinski definition) is 0. The van der Waals surface area contributed by atoms with E-state index < -0.39 is 21.7 Å². The average molecular weight is 508 g/mol. The molecule has 0 atom stereocenters. The Balaban J connectivity index is 1.70. The summed E-state index contributed by atoms with van der Waals surface area (Å²) in [5.41, 5.74) is 1.73. The quantitative estimate of drug-likeness (QED) is 0.280. The SMILES string of the molecule is COc1cc(-c2ccc(F)c(F)c2)c(C)cc1N(c1ccon1)S(=O)(=O)c1ccc2cnccc2c1. The summed E-state index contributed by atoms with van der Waals surface area (Å²) in [6.07, 6.45) is 4.49. The minimum absolute atomic E-state index is 0.0168. The summed E-state index contributed by atoms with van der Waals surface area (Å²) in [4.78, 5) is 4.08. The molecule has 2 aromatic heterocycles. The zero-order chi connectivity index (χ0) is 25.4. The molecular weight excluding hydrogens is 488 g/mol. The Morgan fingerprint density at radius 2 is 1.78 bits per heavy atom. The third kappa shape index (κ3) is 4.05. The van der Waals surface area contributed by atoms with Gasteiger partial charge in [0.25, 0.3) is 10.0 Å². The number of halogens is 2. The van der Waals surface area contributed by atoms with E-state index in [0.717, 1.165) is 21.8 Å². The van der Waals surface area contributed by atoms with Gasteiger partial charge in [-0.1, -0.05) is 17.3 Å². The molecular formula is C26H19F2N3O4S. The van der Waals surface area contributed by atoms with Crippen LogP contribution in [-0.4, -0.2) is 25.7 Å². The number of anilines is 2. The fraction of sp³-hybridized carbons (Fsp3) is 0.0769. The van der Waals surface area contributed by atoms with Gasteiger partial charge in [-0.15, -0.1) is 0 Å². The predicted molar refractivity (Wildman–Crippen MR) is 131 cm³/mol. The number of hydrogen-bond acceptors (Lipinski definition) is 6. The Bertz CT molecular complexity index is 1690. The van der Waals surface area contributed by atoms with Crippen LogP contribution in [0.5, 0.6) is 5.75 Å². The highest BCUT2D eigenvalue weighted by molar-refractivity contribution is 7.93. The highest BCUT2D eigenvalue weighted by Gasteiger charge is 2.32. The van der Waals surface area contributed by atoms with Gasteiger partial charge in [0.2, 0.25) is 0 Å². The molecule has 0 saturated carbocycles. The summed E-state index contributed by atoms with van der Waals surface area (Å²) in [6.45, 7) is 1.73. The van der Waals surface area contributed by atoms with Crippen LogP contribution in [0.2, 0.25) is 0 Å². The second-order valence-corrected chi connectivity index (χ2v) is 9.77. The van der Waals surface area contributed by atoms with Crippen LogP contribution in [0.1, 0.15) is 5.56 Å². The molecule has 0 fully saturated rings. The summed E-state index contributed by atoms with van der Waals surface area (Å²) in [6, 6.07) is 14.6. The normalized spacial score (nSPS) is 11.6. The van der Waals surface area contributed by atoms with Crippen LogP contribution in [0, 0.1) is 18.6 Å². The smallest absolute Gasteiger partial charge is 0.270 e. The summed E-state index contributed by atoms with van der Waals surface area (Å²) < 4.78 is 66.9. The molecule has 3 aromatic carbocycles. The van der Waals surface area contributed by atoms with Gasteiger partial charge in [0.15, 0.2) is 17.5 Å². The molecule has 0 aliphatic heterocycles. The molecule has 182 valence electrons. The maximum atomic E-state index is 14.0. The zero-order valence-electron chi connectivity index (χ0n) is 19.1. The van der Waals surface area contributed by atoms with Crippen LogP contribution in [-0.2, 0) is 10.0 Å². The largest absolute Gasteiger partial charge is 0.495 e. The van der Waals surface area contributed by atoms with Gasteiger partial charge in [-0.3, -0.25) is 4.98 Å². The van der Waals surface area contributed by atoms with Crippen molar-refractivity contribution in [2.24, 2.45) is 0 Å². The van der Waals surface area contributed by atoms with Gasteiger partial charge in [0, 0.05) is 23.8 Å². The van der Waals surface area contributed by atoms with E-state index in [1.807, 2.05) is 0 Å². The first-order valence-corrected chi connectivity index (χ1v) is 12.2. The van der Waals surface area contributed by atoms with Crippen molar-refractivity contribution in [2.75, 3.05) is 11.4 Å². The Hall–Kier alpha value is -4.31. The topological polar surface area (TPSA) is 85.5 Å². The molecule has 10 heteroatoms. The molecule has 5 aromatic rings. The second-order valence-electron chi connectivity index (χ2n) is 7.98. The first-order valence-electron chi connectivity index (χ1n) is 10.7. The third-order valence-electron chi connectivity index (χ3n) is 5.76. The molecule has 0 unspecified atom stereocenters. The number of sulfonamides is 1. The lowest BCUT2D eigenvalue weighted by molar-refractivity contribution is 0.414. The van der Waals surface area contributed by atoms with Gasteiger partial charge < -0.3 is 9.26 Å². The summed E-state index contributed by atoms with van der Waals surface area (Å²) in [5.74, 6) is -1.76. The lowest BCUT2D eigenvalue weighted by atomic mass is 9.99. The van der Waals surface area contributed by atoms with Crippen LogP contribution in [0.25, 0.3) is 21.9 Å². The van der Waals surface area contributed by atoms with Gasteiger partial charge in [-0.25, -0.2) is 21.5 Å². The number of aromatic nitrogens is 2. The second kappa shape index (κ2) is 9.04. The minimum atomic E-state index is -4.21. The van der Waals surface area contributed by atoms with Crippen molar-refractivity contribution >= 4 is 32.3 Å². The molecule has 0 amide bonds. The molecule has 2 heterocycles. The first-order chi connectivity index (χ1) is 17.3. The maximum absolute atomic E-state index is 14.0. The Kier molecular flexibility index (Phi) is 5.89. The van der Waals surface area contributed by atoms with E-state index in [2.05, 4.69) is 10.1 Å². The number of benzene rings is 3. The molecule has 0 aliphatic carbocycles. The highest BCUT2D eigenvalue weighted by atomic mass is 32.2. The fourth-order valence-electron chi connectivity index (χ4n) is 3.98. The minimum Gasteiger partial charge on any atom is -0.495 e. The van der Waals surface area contributed by atoms with Gasteiger partial charge in [-0.05, 0) is 71.5 Å². The van der Waals surface area contributed by atoms with E-state index in [0.29, 0.717) is 22.1 Å². The van der Waals surface area contributed by atoms with Crippen molar-refractivity contribution < 1.29 is 26.5 Å². The molecule has 0 N–H and O–H groups in total. The van der Waals surface area contributed by atoms with Crippen molar-refractivity contribution in [1.29, 1.82) is 0 Å². The van der Waals surface area contributed by atoms with Gasteiger partial charge >= 0.3 is 0 Å². The van der Waals surface area contributed by atoms with E-state index in [-0.39, 0.29) is 22.2 Å². The number of rotatable bonds is 6. The predicted octanol–water partition coefficient (Wildman–Crippen LogP) is 6.01. The molecule has 36 heavy (non-hydrogen) atoms. The monoisotopic (exact) mass is 507 g/mol. The summed E-state index contributed by atoms with van der Waals surface area (Å²) in [7, 11) is -2.82. The fourth-order valence-corrected chi connectivity index (χ4v) is 5.45. The molecule has 7 nitrogen and oxygen atoms in total. The number of ether oxygens (including phenoxy) is 1. The molecule has 0 spiro atoms. The zero-order valence-corrected chi connectivity index (χ0v) is 20.0. The maximum Gasteiger partial charge on any atom is 0.270 e. The van der Waals surface area contributed by atoms with Crippen molar-refractivity contribution in [3.63, 3.8) is 0 Å². The number of fused-ring (bicyclic) bond motifs is 1. The number of aryl methyl sites for hydroxylation is 1. The Labute approximate surface area is 205 Å². The number of pyridine rings is 1. The van der Waals surface area contributed by atoms with Crippen molar-refractivity contribution in [3.8, 4) is 16.9 Å². The third-order valence-corrected chi connectivity index (χ3v) is 7.47. The van der Waals surface area contributed by atoms with Gasteiger partial charge in [0.05, 0.1) is 12.0 Å². The lowest BCUT2D eigenvalue weighted by Crippen LogP contribution is -2.27. The highest BCUT2D eigenvalue weighted by Crippen LogP contribution is 2.42.